The summed E-state index contributed by atoms with van der Waals surface area (Å²) < 4.78 is 29.6. The number of hydrogen-bond acceptors (Lipinski definition) is 5. The van der Waals surface area contributed by atoms with Gasteiger partial charge in [0.15, 0.2) is 0 Å². The van der Waals surface area contributed by atoms with Crippen LogP contribution in [0.5, 0.6) is 0 Å². The number of benzene rings is 1. The minimum Gasteiger partial charge on any atom is -0.379 e. The Balaban J connectivity index is 2.27. The van der Waals surface area contributed by atoms with Gasteiger partial charge in [0.2, 0.25) is 0 Å². The van der Waals surface area contributed by atoms with Crippen molar-refractivity contribution in [3.05, 3.63) is 35.9 Å². The highest BCUT2D eigenvalue weighted by molar-refractivity contribution is 7.47. The fourth-order valence-electron chi connectivity index (χ4n) is 4.62. The van der Waals surface area contributed by atoms with Crippen LogP contribution in [0.2, 0.25) is 0 Å². The van der Waals surface area contributed by atoms with Crippen LogP contribution in [-0.2, 0) is 24.8 Å². The molecule has 0 aliphatic carbocycles. The van der Waals surface area contributed by atoms with E-state index in [-0.39, 0.29) is 25.8 Å². The van der Waals surface area contributed by atoms with Crippen molar-refractivity contribution >= 4 is 13.9 Å². The summed E-state index contributed by atoms with van der Waals surface area (Å²) in [5.74, 6) is 0. The lowest BCUT2D eigenvalue weighted by Crippen LogP contribution is -2.42. The fourth-order valence-corrected chi connectivity index (χ4v) is 5.51. The molecule has 43 heavy (non-hydrogen) atoms. The van der Waals surface area contributed by atoms with Crippen molar-refractivity contribution in [3.63, 3.8) is 0 Å². The van der Waals surface area contributed by atoms with Gasteiger partial charge in [0.1, 0.15) is 19.3 Å². The zero-order chi connectivity index (χ0) is 31.7. The van der Waals surface area contributed by atoms with Crippen molar-refractivity contribution in [2.45, 2.75) is 109 Å². The Labute approximate surface area is 262 Å². The summed E-state index contributed by atoms with van der Waals surface area (Å²) >= 11 is 0. The highest BCUT2D eigenvalue weighted by Crippen LogP contribution is 2.44. The highest BCUT2D eigenvalue weighted by Gasteiger charge is 2.28. The lowest BCUT2D eigenvalue weighted by atomic mass is 10.0. The van der Waals surface area contributed by atoms with Gasteiger partial charge in [-0.2, -0.15) is 0 Å². The minimum atomic E-state index is -4.31. The summed E-state index contributed by atoms with van der Waals surface area (Å²) in [7, 11) is 1.61. The Hall–Kier alpha value is -1.48. The van der Waals surface area contributed by atoms with Crippen molar-refractivity contribution < 1.29 is 32.5 Å². The number of quaternary nitrogens is 1. The van der Waals surface area contributed by atoms with Gasteiger partial charge in [-0.3, -0.25) is 9.05 Å². The maximum Gasteiger partial charge on any atom is 0.472 e. The number of phosphoric ester groups is 1. The lowest BCUT2D eigenvalue weighted by Gasteiger charge is -2.25. The first-order valence-corrected chi connectivity index (χ1v) is 18.2. The first-order chi connectivity index (χ1) is 20.6. The Morgan fingerprint density at radius 3 is 1.95 bits per heavy atom. The number of hydrogen-bond donors (Lipinski definition) is 3. The highest BCUT2D eigenvalue weighted by atomic mass is 31.2. The predicted molar refractivity (Wildman–Crippen MR) is 176 cm³/mol. The average Bonchev–Trinajstić information content (AvgIpc) is 2.95. The zero-order valence-electron chi connectivity index (χ0n) is 27.7. The van der Waals surface area contributed by atoms with E-state index in [1.54, 1.807) is 0 Å². The number of phosphoric acid groups is 1. The molecule has 10 heteroatoms. The summed E-state index contributed by atoms with van der Waals surface area (Å²) in [6, 6.07) is 9.54. The molecule has 0 saturated carbocycles. The van der Waals surface area contributed by atoms with Crippen LogP contribution in [0.15, 0.2) is 30.3 Å². The second-order valence-electron chi connectivity index (χ2n) is 12.6. The third kappa shape index (κ3) is 25.5. The van der Waals surface area contributed by atoms with E-state index in [1.807, 2.05) is 51.5 Å². The molecule has 2 unspecified atom stereocenters. The molecule has 0 heterocycles. The van der Waals surface area contributed by atoms with E-state index in [0.29, 0.717) is 30.6 Å². The van der Waals surface area contributed by atoms with E-state index in [0.717, 1.165) is 18.4 Å². The van der Waals surface area contributed by atoms with Crippen LogP contribution >= 0.6 is 7.82 Å². The van der Waals surface area contributed by atoms with E-state index in [4.69, 9.17) is 13.8 Å². The second kappa shape index (κ2) is 24.8. The molecule has 1 rings (SSSR count). The molecular formula is C33H63N3O6P+. The normalized spacial score (nSPS) is 13.9. The van der Waals surface area contributed by atoms with Gasteiger partial charge >= 0.3 is 13.9 Å². The Morgan fingerprint density at radius 1 is 0.837 bits per heavy atom. The van der Waals surface area contributed by atoms with Gasteiger partial charge in [0.05, 0.1) is 27.7 Å². The molecule has 0 aliphatic heterocycles. The van der Waals surface area contributed by atoms with Crippen molar-refractivity contribution in [2.24, 2.45) is 0 Å². The largest absolute Gasteiger partial charge is 0.472 e. The van der Waals surface area contributed by atoms with Gasteiger partial charge in [0.25, 0.3) is 0 Å². The van der Waals surface area contributed by atoms with Gasteiger partial charge in [-0.05, 0) is 18.4 Å². The van der Waals surface area contributed by atoms with Gasteiger partial charge in [0, 0.05) is 19.7 Å². The molecule has 1 aromatic rings. The predicted octanol–water partition coefficient (Wildman–Crippen LogP) is 7.23. The van der Waals surface area contributed by atoms with Gasteiger partial charge < -0.3 is 24.7 Å². The SMILES string of the molecule is CCCCCCCCCCCCCCCCOCC(CNC(=O)NCCc1ccccc1)OP(=O)(O)OCC[N+](C)(C)C. The topological polar surface area (TPSA) is 106 Å². The van der Waals surface area contributed by atoms with Crippen LogP contribution in [0.25, 0.3) is 0 Å². The van der Waals surface area contributed by atoms with E-state index >= 15 is 0 Å². The fraction of sp³-hybridized carbons (Fsp3) is 0.788. The molecule has 0 aromatic heterocycles. The molecule has 2 amide bonds. The Morgan fingerprint density at radius 2 is 1.40 bits per heavy atom. The smallest absolute Gasteiger partial charge is 0.379 e. The van der Waals surface area contributed by atoms with E-state index < -0.39 is 13.9 Å². The van der Waals surface area contributed by atoms with E-state index in [9.17, 15) is 14.3 Å². The molecule has 250 valence electrons. The molecule has 0 bridgehead atoms. The average molecular weight is 629 g/mol. The number of nitrogens with one attached hydrogen (secondary N) is 2. The van der Waals surface area contributed by atoms with Gasteiger partial charge in [-0.25, -0.2) is 9.36 Å². The van der Waals surface area contributed by atoms with Crippen LogP contribution in [0.4, 0.5) is 4.79 Å². The molecule has 0 radical (unpaired) electrons. The lowest BCUT2D eigenvalue weighted by molar-refractivity contribution is -0.870. The maximum atomic E-state index is 12.6. The molecule has 0 fully saturated rings. The standard InChI is InChI=1S/C33H62N3O6P/c1-5-6-7-8-9-10-11-12-13-14-15-16-17-21-27-40-30-32(42-43(38,39)41-28-26-36(2,3)4)29-35-33(37)34-25-24-31-22-19-18-20-23-31/h18-20,22-23,32H,5-17,21,24-30H2,1-4H3,(H2-,34,35,37,38,39)/p+1. The monoisotopic (exact) mass is 628 g/mol. The number of unbranched alkanes of at least 4 members (excludes halogenated alkanes) is 13. The first-order valence-electron chi connectivity index (χ1n) is 16.7. The van der Waals surface area contributed by atoms with E-state index in [2.05, 4.69) is 17.6 Å². The van der Waals surface area contributed by atoms with Crippen LogP contribution in [0.1, 0.15) is 102 Å². The summed E-state index contributed by atoms with van der Waals surface area (Å²) in [6.45, 7) is 4.03. The third-order valence-electron chi connectivity index (χ3n) is 7.28. The van der Waals surface area contributed by atoms with Crippen molar-refractivity contribution in [1.82, 2.24) is 10.6 Å². The Bertz CT molecular complexity index is 853. The summed E-state index contributed by atoms with van der Waals surface area (Å²) in [6.07, 6.45) is 18.0. The second-order valence-corrected chi connectivity index (χ2v) is 14.0. The maximum absolute atomic E-state index is 12.6. The number of amides is 2. The number of likely N-dealkylation sites (N-methyl/N-ethyl adjacent to an activating group) is 1. The molecule has 1 aromatic carbocycles. The Kier molecular flexibility index (Phi) is 22.8. The van der Waals surface area contributed by atoms with Crippen molar-refractivity contribution in [3.8, 4) is 0 Å². The van der Waals surface area contributed by atoms with Crippen LogP contribution < -0.4 is 10.6 Å². The van der Waals surface area contributed by atoms with Crippen LogP contribution in [0.3, 0.4) is 0 Å². The number of nitrogens with zero attached hydrogens (tertiary/aromatic N) is 1. The minimum absolute atomic E-state index is 0.0269. The van der Waals surface area contributed by atoms with Crippen molar-refractivity contribution in [1.29, 1.82) is 0 Å². The molecule has 2 atom stereocenters. The number of carbonyl (C=O) groups excluding carboxylic acids is 1. The number of ether oxygens (including phenoxy) is 1. The molecule has 0 saturated heterocycles. The van der Waals surface area contributed by atoms with Gasteiger partial charge in [-0.1, -0.05) is 121 Å². The molecule has 9 nitrogen and oxygen atoms in total. The van der Waals surface area contributed by atoms with Crippen LogP contribution in [-0.4, -0.2) is 82.1 Å². The zero-order valence-corrected chi connectivity index (χ0v) is 28.6. The first kappa shape index (κ1) is 39.5. The molecule has 0 spiro atoms. The molecule has 0 aliphatic rings. The quantitative estimate of drug-likeness (QED) is 0.0514. The summed E-state index contributed by atoms with van der Waals surface area (Å²) in [4.78, 5) is 22.6. The van der Waals surface area contributed by atoms with Crippen molar-refractivity contribution in [2.75, 3.05) is 60.6 Å². The van der Waals surface area contributed by atoms with E-state index in [1.165, 1.54) is 77.0 Å². The number of carbonyl (C=O) groups is 1. The van der Waals surface area contributed by atoms with Gasteiger partial charge in [-0.15, -0.1) is 0 Å². The summed E-state index contributed by atoms with van der Waals surface area (Å²) in [5.41, 5.74) is 1.13. The number of urea groups is 1. The molecule has 3 N–H and O–H groups in total. The number of rotatable bonds is 28. The molecular weight excluding hydrogens is 565 g/mol. The third-order valence-corrected chi connectivity index (χ3v) is 8.35. The summed E-state index contributed by atoms with van der Waals surface area (Å²) in [5, 5.41) is 5.54. The van der Waals surface area contributed by atoms with Crippen LogP contribution in [0, 0.1) is 0 Å².